The van der Waals surface area contributed by atoms with Crippen LogP contribution in [0.3, 0.4) is 0 Å². The normalized spacial score (nSPS) is 14.3. The highest BCUT2D eigenvalue weighted by atomic mass is 32.2. The molecule has 0 spiro atoms. The molecule has 3 rings (SSSR count). The lowest BCUT2D eigenvalue weighted by molar-refractivity contribution is -0.117. The Morgan fingerprint density at radius 2 is 2.14 bits per heavy atom. The van der Waals surface area contributed by atoms with Gasteiger partial charge in [0.05, 0.1) is 6.42 Å². The van der Waals surface area contributed by atoms with Gasteiger partial charge in [-0.1, -0.05) is 6.07 Å². The molecule has 2 heterocycles. The molecular formula is C14H14N2O3S2. The molecule has 0 unspecified atom stereocenters. The lowest BCUT2D eigenvalue weighted by Crippen LogP contribution is -2.25. The molecule has 1 aromatic heterocycles. The van der Waals surface area contributed by atoms with Gasteiger partial charge in [-0.25, -0.2) is 8.42 Å². The Hall–Kier alpha value is -1.86. The molecule has 0 radical (unpaired) electrons. The van der Waals surface area contributed by atoms with Crippen molar-refractivity contribution in [2.75, 3.05) is 16.2 Å². The van der Waals surface area contributed by atoms with Crippen LogP contribution in [0.2, 0.25) is 0 Å². The van der Waals surface area contributed by atoms with Crippen molar-refractivity contribution in [3.8, 4) is 0 Å². The summed E-state index contributed by atoms with van der Waals surface area (Å²) in [7, 11) is -3.55. The molecule has 110 valence electrons. The van der Waals surface area contributed by atoms with Crippen LogP contribution in [0, 0.1) is 0 Å². The number of carbonyl (C=O) groups is 1. The van der Waals surface area contributed by atoms with E-state index in [1.807, 2.05) is 6.92 Å². The third kappa shape index (κ3) is 2.54. The second kappa shape index (κ2) is 5.16. The number of rotatable bonds is 4. The van der Waals surface area contributed by atoms with Gasteiger partial charge in [0.1, 0.15) is 4.21 Å². The van der Waals surface area contributed by atoms with Crippen molar-refractivity contribution in [3.05, 3.63) is 41.3 Å². The quantitative estimate of drug-likeness (QED) is 0.940. The highest BCUT2D eigenvalue weighted by Gasteiger charge is 2.26. The molecule has 1 aliphatic heterocycles. The minimum Gasteiger partial charge on any atom is -0.312 e. The molecular weight excluding hydrogens is 308 g/mol. The highest BCUT2D eigenvalue weighted by molar-refractivity contribution is 7.94. The number of anilines is 2. The molecule has 0 saturated carbocycles. The first kappa shape index (κ1) is 14.1. The van der Waals surface area contributed by atoms with Crippen molar-refractivity contribution >= 4 is 38.6 Å². The maximum absolute atomic E-state index is 12.2. The number of likely N-dealkylation sites (N-methyl/N-ethyl adjacent to an activating group) is 1. The Morgan fingerprint density at radius 3 is 2.81 bits per heavy atom. The van der Waals surface area contributed by atoms with Crippen LogP contribution < -0.4 is 9.62 Å². The Morgan fingerprint density at radius 1 is 1.33 bits per heavy atom. The van der Waals surface area contributed by atoms with E-state index >= 15 is 0 Å². The summed E-state index contributed by atoms with van der Waals surface area (Å²) in [4.78, 5) is 13.5. The van der Waals surface area contributed by atoms with Gasteiger partial charge in [-0.3, -0.25) is 9.52 Å². The number of thiophene rings is 1. The van der Waals surface area contributed by atoms with Crippen molar-refractivity contribution in [2.24, 2.45) is 0 Å². The van der Waals surface area contributed by atoms with E-state index in [1.54, 1.807) is 40.6 Å². The molecule has 2 aromatic rings. The zero-order valence-electron chi connectivity index (χ0n) is 11.4. The average molecular weight is 322 g/mol. The number of benzene rings is 1. The number of sulfonamides is 1. The first-order valence-electron chi connectivity index (χ1n) is 6.51. The maximum Gasteiger partial charge on any atom is 0.271 e. The predicted octanol–water partition coefficient (Wildman–Crippen LogP) is 2.46. The van der Waals surface area contributed by atoms with Crippen LogP contribution in [0.25, 0.3) is 0 Å². The van der Waals surface area contributed by atoms with Gasteiger partial charge in [0, 0.05) is 17.9 Å². The van der Waals surface area contributed by atoms with Crippen molar-refractivity contribution in [1.82, 2.24) is 0 Å². The summed E-state index contributed by atoms with van der Waals surface area (Å²) < 4.78 is 27.2. The summed E-state index contributed by atoms with van der Waals surface area (Å²) in [6.07, 6.45) is 0.317. The molecule has 1 aliphatic rings. The second-order valence-electron chi connectivity index (χ2n) is 4.70. The molecule has 1 aromatic carbocycles. The van der Waals surface area contributed by atoms with Gasteiger partial charge in [-0.2, -0.15) is 0 Å². The van der Waals surface area contributed by atoms with Gasteiger partial charge in [0.25, 0.3) is 10.0 Å². The van der Waals surface area contributed by atoms with E-state index in [0.717, 1.165) is 11.3 Å². The van der Waals surface area contributed by atoms with E-state index in [2.05, 4.69) is 4.72 Å². The average Bonchev–Trinajstić information content (AvgIpc) is 3.04. The Bertz CT molecular complexity index is 783. The van der Waals surface area contributed by atoms with E-state index in [1.165, 1.54) is 11.3 Å². The minimum atomic E-state index is -3.55. The summed E-state index contributed by atoms with van der Waals surface area (Å²) >= 11 is 1.17. The molecule has 7 heteroatoms. The predicted molar refractivity (Wildman–Crippen MR) is 83.3 cm³/mol. The van der Waals surface area contributed by atoms with Gasteiger partial charge in [0.2, 0.25) is 5.91 Å². The molecule has 21 heavy (non-hydrogen) atoms. The van der Waals surface area contributed by atoms with E-state index in [-0.39, 0.29) is 10.1 Å². The van der Waals surface area contributed by atoms with Crippen molar-refractivity contribution in [3.63, 3.8) is 0 Å². The Balaban J connectivity index is 1.90. The van der Waals surface area contributed by atoms with Crippen molar-refractivity contribution < 1.29 is 13.2 Å². The zero-order chi connectivity index (χ0) is 15.0. The summed E-state index contributed by atoms with van der Waals surface area (Å²) in [5.41, 5.74) is 2.20. The van der Waals surface area contributed by atoms with Gasteiger partial charge < -0.3 is 4.90 Å². The van der Waals surface area contributed by atoms with Crippen LogP contribution in [0.5, 0.6) is 0 Å². The third-order valence-electron chi connectivity index (χ3n) is 3.34. The number of nitrogens with zero attached hydrogens (tertiary/aromatic N) is 1. The number of hydrogen-bond acceptors (Lipinski definition) is 4. The maximum atomic E-state index is 12.2. The number of carbonyl (C=O) groups excluding carboxylic acids is 1. The van der Waals surface area contributed by atoms with Crippen molar-refractivity contribution in [2.45, 2.75) is 17.6 Å². The SMILES string of the molecule is CCN1C(=O)Cc2cc(NS(=O)(=O)c3cccs3)ccc21. The zero-order valence-corrected chi connectivity index (χ0v) is 13.0. The van der Waals surface area contributed by atoms with Gasteiger partial charge in [0.15, 0.2) is 0 Å². The molecule has 5 nitrogen and oxygen atoms in total. The lowest BCUT2D eigenvalue weighted by atomic mass is 10.1. The van der Waals surface area contributed by atoms with Gasteiger partial charge in [-0.05, 0) is 42.1 Å². The number of amides is 1. The van der Waals surface area contributed by atoms with Gasteiger partial charge >= 0.3 is 0 Å². The summed E-state index contributed by atoms with van der Waals surface area (Å²) in [5.74, 6) is 0.0470. The highest BCUT2D eigenvalue weighted by Crippen LogP contribution is 2.31. The second-order valence-corrected chi connectivity index (χ2v) is 7.55. The first-order chi connectivity index (χ1) is 10.0. The molecule has 0 bridgehead atoms. The molecule has 1 N–H and O–H groups in total. The largest absolute Gasteiger partial charge is 0.312 e. The lowest BCUT2D eigenvalue weighted by Gasteiger charge is -2.15. The summed E-state index contributed by atoms with van der Waals surface area (Å²) in [5, 5.41) is 1.72. The van der Waals surface area contributed by atoms with Crippen LogP contribution in [0.4, 0.5) is 11.4 Å². The Labute approximate surface area is 127 Å². The van der Waals surface area contributed by atoms with E-state index in [4.69, 9.17) is 0 Å². The third-order valence-corrected chi connectivity index (χ3v) is 6.12. The topological polar surface area (TPSA) is 66.5 Å². The Kier molecular flexibility index (Phi) is 3.46. The molecule has 1 amide bonds. The minimum absolute atomic E-state index is 0.0470. The summed E-state index contributed by atoms with van der Waals surface area (Å²) in [6.45, 7) is 2.53. The monoisotopic (exact) mass is 322 g/mol. The molecule has 0 atom stereocenters. The molecule has 0 fully saturated rings. The fourth-order valence-electron chi connectivity index (χ4n) is 2.42. The van der Waals surface area contributed by atoms with Gasteiger partial charge in [-0.15, -0.1) is 11.3 Å². The van der Waals surface area contributed by atoms with E-state index < -0.39 is 10.0 Å². The van der Waals surface area contributed by atoms with Crippen LogP contribution in [-0.4, -0.2) is 20.9 Å². The number of hydrogen-bond donors (Lipinski definition) is 1. The fourth-order valence-corrected chi connectivity index (χ4v) is 4.46. The smallest absolute Gasteiger partial charge is 0.271 e. The van der Waals surface area contributed by atoms with Crippen molar-refractivity contribution in [1.29, 1.82) is 0 Å². The number of fused-ring (bicyclic) bond motifs is 1. The molecule has 0 saturated heterocycles. The van der Waals surface area contributed by atoms with Crippen LogP contribution in [0.15, 0.2) is 39.9 Å². The van der Waals surface area contributed by atoms with E-state index in [9.17, 15) is 13.2 Å². The summed E-state index contributed by atoms with van der Waals surface area (Å²) in [6, 6.07) is 8.46. The van der Waals surface area contributed by atoms with Crippen LogP contribution in [-0.2, 0) is 21.2 Å². The van der Waals surface area contributed by atoms with Crippen LogP contribution >= 0.6 is 11.3 Å². The first-order valence-corrected chi connectivity index (χ1v) is 8.87. The fraction of sp³-hybridized carbons (Fsp3) is 0.214. The van der Waals surface area contributed by atoms with Crippen LogP contribution in [0.1, 0.15) is 12.5 Å². The molecule has 0 aliphatic carbocycles. The number of nitrogens with one attached hydrogen (secondary N) is 1. The van der Waals surface area contributed by atoms with E-state index in [0.29, 0.717) is 18.7 Å². The standard InChI is InChI=1S/C14H14N2O3S2/c1-2-16-12-6-5-11(8-10(12)9-13(16)17)15-21(18,19)14-4-3-7-20-14/h3-8,15H,2,9H2,1H3.